The first-order valence-corrected chi connectivity index (χ1v) is 5.47. The summed E-state index contributed by atoms with van der Waals surface area (Å²) < 4.78 is 0. The first-order valence-electron chi connectivity index (χ1n) is 3.23. The monoisotopic (exact) mass is 304 g/mol. The lowest BCUT2D eigenvalue weighted by Gasteiger charge is -2.19. The number of Topliss-reactive ketones (excluding diaryl/α,β-unsaturated/α-hetero) is 1. The van der Waals surface area contributed by atoms with Gasteiger partial charge in [0.25, 0.3) is 0 Å². The summed E-state index contributed by atoms with van der Waals surface area (Å²) in [6.07, 6.45) is -4.10. The zero-order valence-electron chi connectivity index (χ0n) is 6.15. The van der Waals surface area contributed by atoms with Crippen LogP contribution >= 0.6 is 31.9 Å². The van der Waals surface area contributed by atoms with Crippen molar-refractivity contribution in [2.75, 3.05) is 10.7 Å². The van der Waals surface area contributed by atoms with E-state index >= 15 is 0 Å². The van der Waals surface area contributed by atoms with Gasteiger partial charge in [-0.15, -0.1) is 0 Å². The third-order valence-corrected chi connectivity index (χ3v) is 2.55. The molecule has 0 aliphatic rings. The molecule has 0 radical (unpaired) electrons. The Morgan fingerprint density at radius 1 is 1.25 bits per heavy atom. The lowest BCUT2D eigenvalue weighted by atomic mass is 10.1. The van der Waals surface area contributed by atoms with E-state index in [9.17, 15) is 4.79 Å². The van der Waals surface area contributed by atoms with Crippen LogP contribution in [0.5, 0.6) is 0 Å². The fraction of sp³-hybridized carbons (Fsp3) is 0.833. The van der Waals surface area contributed by atoms with Crippen LogP contribution in [0.4, 0.5) is 0 Å². The molecule has 0 fully saturated rings. The van der Waals surface area contributed by atoms with Crippen LogP contribution in [-0.2, 0) is 4.79 Å². The number of halogens is 2. The zero-order valence-corrected chi connectivity index (χ0v) is 9.32. The SMILES string of the molecule is O=C(CBr)[C@H](O)[C@@H](O)[C@H](O)CBr. The molecule has 0 aromatic rings. The average molecular weight is 306 g/mol. The maximum atomic E-state index is 10.8. The molecule has 6 heteroatoms. The number of hydrogen-bond acceptors (Lipinski definition) is 4. The van der Waals surface area contributed by atoms with Crippen LogP contribution in [0, 0.1) is 0 Å². The molecule has 72 valence electrons. The van der Waals surface area contributed by atoms with E-state index < -0.39 is 24.1 Å². The fourth-order valence-corrected chi connectivity index (χ4v) is 1.29. The second kappa shape index (κ2) is 6.04. The van der Waals surface area contributed by atoms with Gasteiger partial charge >= 0.3 is 0 Å². The van der Waals surface area contributed by atoms with E-state index in [1.165, 1.54) is 0 Å². The second-order valence-electron chi connectivity index (χ2n) is 2.26. The molecule has 0 aromatic heterocycles. The Morgan fingerprint density at radius 3 is 2.08 bits per heavy atom. The summed E-state index contributed by atoms with van der Waals surface area (Å²) in [5.41, 5.74) is 0. The predicted molar refractivity (Wildman–Crippen MR) is 50.6 cm³/mol. The van der Waals surface area contributed by atoms with Crippen molar-refractivity contribution in [3.8, 4) is 0 Å². The van der Waals surface area contributed by atoms with Crippen molar-refractivity contribution < 1.29 is 20.1 Å². The van der Waals surface area contributed by atoms with Crippen LogP contribution in [0.25, 0.3) is 0 Å². The molecule has 0 aliphatic heterocycles. The molecule has 0 unspecified atom stereocenters. The molecule has 0 saturated carbocycles. The van der Waals surface area contributed by atoms with Crippen molar-refractivity contribution >= 4 is 37.6 Å². The molecule has 3 atom stereocenters. The second-order valence-corrected chi connectivity index (χ2v) is 3.47. The van der Waals surface area contributed by atoms with E-state index in [4.69, 9.17) is 15.3 Å². The number of rotatable bonds is 5. The molecule has 4 nitrogen and oxygen atoms in total. The lowest BCUT2D eigenvalue weighted by Crippen LogP contribution is -2.43. The van der Waals surface area contributed by atoms with E-state index in [1.54, 1.807) is 0 Å². The third-order valence-electron chi connectivity index (χ3n) is 1.34. The zero-order chi connectivity index (χ0) is 9.72. The molecular weight excluding hydrogens is 296 g/mol. The van der Waals surface area contributed by atoms with E-state index in [2.05, 4.69) is 31.9 Å². The summed E-state index contributed by atoms with van der Waals surface area (Å²) in [5.74, 6) is -0.553. The van der Waals surface area contributed by atoms with Crippen LogP contribution in [0.2, 0.25) is 0 Å². The summed E-state index contributed by atoms with van der Waals surface area (Å²) >= 11 is 5.75. The maximum Gasteiger partial charge on any atom is 0.174 e. The van der Waals surface area contributed by atoms with Gasteiger partial charge in [-0.2, -0.15) is 0 Å². The Balaban J connectivity index is 4.08. The third kappa shape index (κ3) is 3.49. The standard InChI is InChI=1S/C6H10Br2O4/c7-1-3(9)5(11)6(12)4(10)2-8/h3,5-6,9,11-12H,1-2H2/t3-,5+,6+/m1/s1. The summed E-state index contributed by atoms with van der Waals surface area (Å²) in [6.45, 7) is 0. The Hall–Kier alpha value is 0.510. The molecule has 0 aromatic carbocycles. The number of carbonyl (C=O) groups is 1. The Morgan fingerprint density at radius 2 is 1.75 bits per heavy atom. The van der Waals surface area contributed by atoms with E-state index in [1.807, 2.05) is 0 Å². The fourth-order valence-electron chi connectivity index (χ4n) is 0.571. The van der Waals surface area contributed by atoms with Crippen molar-refractivity contribution in [3.63, 3.8) is 0 Å². The lowest BCUT2D eigenvalue weighted by molar-refractivity contribution is -0.134. The van der Waals surface area contributed by atoms with Gasteiger partial charge in [-0.3, -0.25) is 4.79 Å². The van der Waals surface area contributed by atoms with Crippen molar-refractivity contribution in [2.45, 2.75) is 18.3 Å². The van der Waals surface area contributed by atoms with E-state index in [0.717, 1.165) is 0 Å². The molecule has 3 N–H and O–H groups in total. The highest BCUT2D eigenvalue weighted by Crippen LogP contribution is 2.05. The van der Waals surface area contributed by atoms with Gasteiger partial charge < -0.3 is 15.3 Å². The number of alkyl halides is 2. The van der Waals surface area contributed by atoms with Gasteiger partial charge in [0.05, 0.1) is 11.4 Å². The minimum absolute atomic E-state index is 0.0414. The number of hydrogen-bond donors (Lipinski definition) is 3. The van der Waals surface area contributed by atoms with Gasteiger partial charge in [0, 0.05) is 5.33 Å². The summed E-state index contributed by atoms with van der Waals surface area (Å²) in [5, 5.41) is 27.3. The summed E-state index contributed by atoms with van der Waals surface area (Å²) in [4.78, 5) is 10.8. The van der Waals surface area contributed by atoms with Gasteiger partial charge in [-0.05, 0) is 0 Å². The largest absolute Gasteiger partial charge is 0.389 e. The minimum Gasteiger partial charge on any atom is -0.389 e. The molecule has 0 aliphatic carbocycles. The smallest absolute Gasteiger partial charge is 0.174 e. The number of aliphatic hydroxyl groups excluding tert-OH is 3. The van der Waals surface area contributed by atoms with Gasteiger partial charge in [0.1, 0.15) is 12.2 Å². The molecular formula is C6H10Br2O4. The van der Waals surface area contributed by atoms with Gasteiger partial charge in [-0.1, -0.05) is 31.9 Å². The number of carbonyl (C=O) groups excluding carboxylic acids is 1. The Kier molecular flexibility index (Phi) is 6.30. The van der Waals surface area contributed by atoms with E-state index in [-0.39, 0.29) is 10.7 Å². The molecule has 12 heavy (non-hydrogen) atoms. The Bertz CT molecular complexity index is 152. The molecule has 0 amide bonds. The predicted octanol–water partition coefficient (Wildman–Crippen LogP) is -0.572. The summed E-state index contributed by atoms with van der Waals surface area (Å²) in [6, 6.07) is 0. The highest BCUT2D eigenvalue weighted by atomic mass is 79.9. The van der Waals surface area contributed by atoms with Crippen molar-refractivity contribution in [2.24, 2.45) is 0 Å². The molecule has 0 spiro atoms. The molecule has 0 heterocycles. The van der Waals surface area contributed by atoms with Crippen molar-refractivity contribution in [1.82, 2.24) is 0 Å². The van der Waals surface area contributed by atoms with Crippen LogP contribution in [0.3, 0.4) is 0 Å². The highest BCUT2D eigenvalue weighted by Gasteiger charge is 2.28. The van der Waals surface area contributed by atoms with Crippen molar-refractivity contribution in [1.29, 1.82) is 0 Å². The number of aliphatic hydroxyl groups is 3. The van der Waals surface area contributed by atoms with Crippen LogP contribution in [0.15, 0.2) is 0 Å². The summed E-state index contributed by atoms with van der Waals surface area (Å²) in [7, 11) is 0. The maximum absolute atomic E-state index is 10.8. The van der Waals surface area contributed by atoms with Crippen molar-refractivity contribution in [3.05, 3.63) is 0 Å². The topological polar surface area (TPSA) is 77.8 Å². The van der Waals surface area contributed by atoms with Gasteiger partial charge in [0.15, 0.2) is 5.78 Å². The highest BCUT2D eigenvalue weighted by molar-refractivity contribution is 9.09. The van der Waals surface area contributed by atoms with E-state index in [0.29, 0.717) is 0 Å². The number of ketones is 1. The molecule has 0 rings (SSSR count). The molecule has 0 bridgehead atoms. The first-order chi connectivity index (χ1) is 5.54. The average Bonchev–Trinajstić information content (AvgIpc) is 2.12. The van der Waals surface area contributed by atoms with Gasteiger partial charge in [0.2, 0.25) is 0 Å². The quantitative estimate of drug-likeness (QED) is 0.594. The van der Waals surface area contributed by atoms with Gasteiger partial charge in [-0.25, -0.2) is 0 Å². The normalized spacial score (nSPS) is 18.4. The Labute approximate surface area is 86.8 Å². The first kappa shape index (κ1) is 12.5. The van der Waals surface area contributed by atoms with Crippen LogP contribution < -0.4 is 0 Å². The van der Waals surface area contributed by atoms with Crippen LogP contribution in [-0.4, -0.2) is 50.1 Å². The minimum atomic E-state index is -1.53. The molecule has 0 saturated heterocycles. The van der Waals surface area contributed by atoms with Crippen LogP contribution in [0.1, 0.15) is 0 Å².